The number of hydrogen-bond acceptors (Lipinski definition) is 9. The molecule has 2 aliphatic heterocycles. The van der Waals surface area contributed by atoms with Gasteiger partial charge in [0.15, 0.2) is 22.6 Å². The van der Waals surface area contributed by atoms with Crippen LogP contribution in [-0.2, 0) is 4.74 Å². The van der Waals surface area contributed by atoms with E-state index in [2.05, 4.69) is 9.97 Å². The van der Waals surface area contributed by atoms with Gasteiger partial charge in [0.05, 0.1) is 6.04 Å². The molecule has 1 unspecified atom stereocenters. The first kappa shape index (κ1) is 28.1. The van der Waals surface area contributed by atoms with Crippen LogP contribution >= 0.6 is 11.8 Å². The maximum absolute atomic E-state index is 16.2. The van der Waals surface area contributed by atoms with Crippen molar-refractivity contribution in [2.45, 2.75) is 70.5 Å². The topological polar surface area (TPSA) is 107 Å². The van der Waals surface area contributed by atoms with E-state index in [9.17, 15) is 9.18 Å². The zero-order valence-electron chi connectivity index (χ0n) is 23.3. The number of nitrogen functional groups attached to an aromatic ring is 1. The number of nitrogens with two attached hydrogens (primary N) is 1. The second-order valence-electron chi connectivity index (χ2n) is 11.1. The third-order valence-electron chi connectivity index (χ3n) is 7.08. The highest BCUT2D eigenvalue weighted by atomic mass is 32.2. The monoisotopic (exact) mass is 576 g/mol. The summed E-state index contributed by atoms with van der Waals surface area (Å²) in [5.74, 6) is -2.53. The average Bonchev–Trinajstić information content (AvgIpc) is 2.99. The van der Waals surface area contributed by atoms with E-state index in [1.165, 1.54) is 18.7 Å². The van der Waals surface area contributed by atoms with Crippen LogP contribution < -0.4 is 15.4 Å². The predicted molar refractivity (Wildman–Crippen MR) is 147 cm³/mol. The Morgan fingerprint density at radius 2 is 1.82 bits per heavy atom. The van der Waals surface area contributed by atoms with Gasteiger partial charge < -0.3 is 25.0 Å². The molecule has 0 spiro atoms. The maximum Gasteiger partial charge on any atom is 0.410 e. The number of anilines is 2. The molecule has 1 aromatic carbocycles. The molecule has 0 bridgehead atoms. The number of aromatic nitrogens is 3. The van der Waals surface area contributed by atoms with E-state index in [0.29, 0.717) is 12.4 Å². The first-order valence-corrected chi connectivity index (χ1v) is 14.1. The van der Waals surface area contributed by atoms with Gasteiger partial charge in [-0.05, 0) is 59.4 Å². The minimum atomic E-state index is -1.12. The normalized spacial score (nSPS) is 20.7. The first-order chi connectivity index (χ1) is 18.7. The molecule has 2 aromatic heterocycles. The number of rotatable bonds is 2. The van der Waals surface area contributed by atoms with E-state index in [-0.39, 0.29) is 45.7 Å². The molecule has 1 amide bonds. The molecule has 1 fully saturated rings. The molecule has 2 aliphatic rings. The zero-order valence-corrected chi connectivity index (χ0v) is 24.1. The van der Waals surface area contributed by atoms with Crippen LogP contribution in [0.25, 0.3) is 22.2 Å². The molecule has 4 heterocycles. The molecule has 0 aliphatic carbocycles. The molecule has 2 N–H and O–H groups in total. The highest BCUT2D eigenvalue weighted by Gasteiger charge is 2.43. The molecule has 3 atom stereocenters. The molecule has 214 valence electrons. The summed E-state index contributed by atoms with van der Waals surface area (Å²) >= 11 is 1.22. The quantitative estimate of drug-likeness (QED) is 0.247. The summed E-state index contributed by atoms with van der Waals surface area (Å²) in [5.41, 5.74) is 3.47. The molecule has 1 saturated heterocycles. The summed E-state index contributed by atoms with van der Waals surface area (Å²) in [6.45, 7) is 11.1. The second-order valence-corrected chi connectivity index (χ2v) is 11.9. The van der Waals surface area contributed by atoms with Gasteiger partial charge >= 0.3 is 6.09 Å². The number of benzene rings is 1. The van der Waals surface area contributed by atoms with Gasteiger partial charge in [-0.3, -0.25) is 0 Å². The third-order valence-corrected chi connectivity index (χ3v) is 7.63. The largest absolute Gasteiger partial charge is 0.472 e. The fourth-order valence-electron chi connectivity index (χ4n) is 5.11. The van der Waals surface area contributed by atoms with Crippen molar-refractivity contribution in [2.75, 3.05) is 30.0 Å². The minimum absolute atomic E-state index is 0.00683. The number of amides is 1. The van der Waals surface area contributed by atoms with E-state index in [1.807, 2.05) is 18.7 Å². The minimum Gasteiger partial charge on any atom is -0.472 e. The van der Waals surface area contributed by atoms with Gasteiger partial charge in [-0.1, -0.05) is 11.8 Å². The van der Waals surface area contributed by atoms with Crippen LogP contribution in [-0.4, -0.2) is 69.1 Å². The molecule has 0 radical (unpaired) electrons. The Hall–Kier alpha value is -3.48. The summed E-state index contributed by atoms with van der Waals surface area (Å²) in [7, 11) is 0. The lowest BCUT2D eigenvalue weighted by molar-refractivity contribution is 0.00764. The standard InChI is InChI=1S/C27H31F3N6O3S/c1-11-8-14(18(29)20(31)17(11)28)21-19(30)22-16-23(34-25(33-22)40-7)36-9-12(2)35(26(37)39-27(4,5)6)10-15(36)13(3)38-24(16)32-21/h8,12-13,15H,9-10,31H2,1-7H3/t12?,13-,15-/m0/s1. The highest BCUT2D eigenvalue weighted by Crippen LogP contribution is 2.43. The molecule has 13 heteroatoms. The maximum atomic E-state index is 16.2. The number of hydrogen-bond donors (Lipinski definition) is 1. The van der Waals surface area contributed by atoms with Crippen molar-refractivity contribution in [1.29, 1.82) is 0 Å². The smallest absolute Gasteiger partial charge is 0.410 e. The van der Waals surface area contributed by atoms with Crippen LogP contribution in [0, 0.1) is 24.4 Å². The number of nitrogens with zero attached hydrogens (tertiary/aromatic N) is 5. The summed E-state index contributed by atoms with van der Waals surface area (Å²) in [4.78, 5) is 30.2. The Kier molecular flexibility index (Phi) is 6.92. The molecule has 40 heavy (non-hydrogen) atoms. The molecule has 0 saturated carbocycles. The summed E-state index contributed by atoms with van der Waals surface area (Å²) in [6.07, 6.45) is 0.759. The van der Waals surface area contributed by atoms with Crippen molar-refractivity contribution in [3.63, 3.8) is 0 Å². The van der Waals surface area contributed by atoms with Crippen LogP contribution in [0.3, 0.4) is 0 Å². The Bertz CT molecular complexity index is 1530. The number of carbonyl (C=O) groups excluding carboxylic acids is 1. The predicted octanol–water partition coefficient (Wildman–Crippen LogP) is 5.32. The van der Waals surface area contributed by atoms with Gasteiger partial charge in [-0.2, -0.15) is 0 Å². The lowest BCUT2D eigenvalue weighted by Crippen LogP contribution is -2.63. The van der Waals surface area contributed by atoms with Crippen molar-refractivity contribution < 1.29 is 27.4 Å². The molecule has 5 rings (SSSR count). The number of fused-ring (bicyclic) bond motifs is 2. The number of pyridine rings is 1. The van der Waals surface area contributed by atoms with Crippen LogP contribution in [0.1, 0.15) is 40.2 Å². The van der Waals surface area contributed by atoms with Gasteiger partial charge in [0.1, 0.15) is 39.8 Å². The number of halogens is 3. The van der Waals surface area contributed by atoms with Crippen LogP contribution in [0.2, 0.25) is 0 Å². The van der Waals surface area contributed by atoms with Gasteiger partial charge in [0.2, 0.25) is 5.88 Å². The van der Waals surface area contributed by atoms with E-state index >= 15 is 8.78 Å². The van der Waals surface area contributed by atoms with Crippen LogP contribution in [0.15, 0.2) is 11.2 Å². The Morgan fingerprint density at radius 1 is 1.12 bits per heavy atom. The lowest BCUT2D eigenvalue weighted by atomic mass is 10.0. The molecule has 9 nitrogen and oxygen atoms in total. The summed E-state index contributed by atoms with van der Waals surface area (Å²) in [5, 5.41) is 0.522. The number of aryl methyl sites for hydroxylation is 1. The van der Waals surface area contributed by atoms with E-state index < -0.39 is 52.7 Å². The first-order valence-electron chi connectivity index (χ1n) is 12.8. The van der Waals surface area contributed by atoms with Gasteiger partial charge in [0, 0.05) is 24.7 Å². The van der Waals surface area contributed by atoms with E-state index in [4.69, 9.17) is 20.2 Å². The fourth-order valence-corrected chi connectivity index (χ4v) is 5.47. The highest BCUT2D eigenvalue weighted by molar-refractivity contribution is 7.98. The van der Waals surface area contributed by atoms with Crippen molar-refractivity contribution >= 4 is 40.3 Å². The molecule has 3 aromatic rings. The number of carbonyl (C=O) groups is 1. The zero-order chi connectivity index (χ0) is 29.3. The number of ether oxygens (including phenoxy) is 2. The summed E-state index contributed by atoms with van der Waals surface area (Å²) in [6, 6.07) is 0.503. The Balaban J connectivity index is 1.69. The van der Waals surface area contributed by atoms with E-state index in [0.717, 1.165) is 6.07 Å². The molecular weight excluding hydrogens is 545 g/mol. The van der Waals surface area contributed by atoms with Gasteiger partial charge in [0.25, 0.3) is 0 Å². The number of thioether (sulfide) groups is 1. The average molecular weight is 577 g/mol. The number of piperazine rings is 1. The van der Waals surface area contributed by atoms with Gasteiger partial charge in [-0.25, -0.2) is 32.9 Å². The third kappa shape index (κ3) is 4.63. The van der Waals surface area contributed by atoms with Crippen molar-refractivity contribution in [3.05, 3.63) is 29.1 Å². The second kappa shape index (κ2) is 9.86. The fraction of sp³-hybridized carbons (Fsp3) is 0.481. The van der Waals surface area contributed by atoms with E-state index in [1.54, 1.807) is 31.9 Å². The summed E-state index contributed by atoms with van der Waals surface area (Å²) < 4.78 is 57.5. The molecular formula is C27H31F3N6O3S. The van der Waals surface area contributed by atoms with Crippen molar-refractivity contribution in [2.24, 2.45) is 0 Å². The Morgan fingerprint density at radius 3 is 2.48 bits per heavy atom. The van der Waals surface area contributed by atoms with Crippen molar-refractivity contribution in [1.82, 2.24) is 19.9 Å². The van der Waals surface area contributed by atoms with Gasteiger partial charge in [-0.15, -0.1) is 0 Å². The van der Waals surface area contributed by atoms with Crippen LogP contribution in [0.4, 0.5) is 29.5 Å². The SMILES string of the molecule is CSc1nc2c3c(nc(-c4cc(C)c(F)c(N)c4F)c(F)c3n1)O[C@@H](C)[C@@H]1CN(C(=O)OC(C)(C)C)C(C)CN21. The Labute approximate surface area is 234 Å². The van der Waals surface area contributed by atoms with Crippen LogP contribution in [0.5, 0.6) is 5.88 Å². The van der Waals surface area contributed by atoms with Crippen molar-refractivity contribution in [3.8, 4) is 17.1 Å². The lowest BCUT2D eigenvalue weighted by Gasteiger charge is -2.46.